The zero-order valence-corrected chi connectivity index (χ0v) is 11.9. The van der Waals surface area contributed by atoms with E-state index in [-0.39, 0.29) is 6.79 Å². The Kier molecular flexibility index (Phi) is 3.25. The van der Waals surface area contributed by atoms with Crippen molar-refractivity contribution in [3.63, 3.8) is 0 Å². The number of hydrogen-bond acceptors (Lipinski definition) is 5. The fourth-order valence-corrected chi connectivity index (χ4v) is 2.41. The van der Waals surface area contributed by atoms with E-state index < -0.39 is 0 Å². The maximum absolute atomic E-state index is 5.46. The Labute approximate surface area is 119 Å². The zero-order valence-electron chi connectivity index (χ0n) is 10.3. The van der Waals surface area contributed by atoms with Gasteiger partial charge in [0.1, 0.15) is 16.2 Å². The Morgan fingerprint density at radius 2 is 2.21 bits per heavy atom. The number of benzene rings is 1. The average molecular weight is 322 g/mol. The third kappa shape index (κ3) is 2.63. The Morgan fingerprint density at radius 3 is 3.05 bits per heavy atom. The average Bonchev–Trinajstić information content (AvgIpc) is 2.83. The second-order valence-electron chi connectivity index (χ2n) is 4.13. The normalized spacial score (nSPS) is 12.5. The molecule has 98 valence electrons. The van der Waals surface area contributed by atoms with E-state index in [2.05, 4.69) is 31.2 Å². The van der Waals surface area contributed by atoms with Crippen molar-refractivity contribution in [1.82, 2.24) is 9.97 Å². The molecule has 0 saturated heterocycles. The Hall–Kier alpha value is -1.82. The summed E-state index contributed by atoms with van der Waals surface area (Å²) in [5, 5.41) is 3.26. The molecule has 0 fully saturated rings. The Morgan fingerprint density at radius 1 is 1.32 bits per heavy atom. The largest absolute Gasteiger partial charge is 0.454 e. The predicted molar refractivity (Wildman–Crippen MR) is 74.4 cm³/mol. The van der Waals surface area contributed by atoms with Crippen LogP contribution in [0.15, 0.2) is 28.9 Å². The topological polar surface area (TPSA) is 56.3 Å². The first kappa shape index (κ1) is 12.2. The molecule has 0 bridgehead atoms. The van der Waals surface area contributed by atoms with Crippen LogP contribution in [0, 0.1) is 6.92 Å². The van der Waals surface area contributed by atoms with Crippen molar-refractivity contribution in [2.45, 2.75) is 13.5 Å². The van der Waals surface area contributed by atoms with Gasteiger partial charge in [-0.3, -0.25) is 0 Å². The third-order valence-corrected chi connectivity index (χ3v) is 3.15. The number of halogens is 1. The smallest absolute Gasteiger partial charge is 0.231 e. The molecule has 1 aromatic carbocycles. The molecule has 19 heavy (non-hydrogen) atoms. The summed E-state index contributed by atoms with van der Waals surface area (Å²) in [6.45, 7) is 2.76. The highest BCUT2D eigenvalue weighted by Crippen LogP contribution is 2.35. The number of fused-ring (bicyclic) bond motifs is 1. The lowest BCUT2D eigenvalue weighted by Gasteiger charge is -2.08. The van der Waals surface area contributed by atoms with Crippen molar-refractivity contribution >= 4 is 21.7 Å². The minimum atomic E-state index is 0.282. The summed E-state index contributed by atoms with van der Waals surface area (Å²) in [6, 6.07) is 7.69. The Balaban J connectivity index is 1.78. The van der Waals surface area contributed by atoms with Crippen LogP contribution in [-0.2, 0) is 6.54 Å². The third-order valence-electron chi connectivity index (χ3n) is 2.74. The first-order valence-corrected chi connectivity index (χ1v) is 6.64. The molecule has 6 heteroatoms. The lowest BCUT2D eigenvalue weighted by molar-refractivity contribution is 0.173. The molecule has 1 aliphatic rings. The van der Waals surface area contributed by atoms with E-state index in [1.54, 1.807) is 0 Å². The van der Waals surface area contributed by atoms with Gasteiger partial charge in [-0.25, -0.2) is 9.97 Å². The summed E-state index contributed by atoms with van der Waals surface area (Å²) in [7, 11) is 0. The summed E-state index contributed by atoms with van der Waals surface area (Å²) in [5.74, 6) is 3.09. The van der Waals surface area contributed by atoms with Crippen LogP contribution < -0.4 is 14.8 Å². The summed E-state index contributed by atoms with van der Waals surface area (Å²) in [4.78, 5) is 8.49. The monoisotopic (exact) mass is 321 g/mol. The Bertz CT molecular complexity index is 599. The number of rotatable bonds is 3. The van der Waals surface area contributed by atoms with E-state index in [9.17, 15) is 0 Å². The second kappa shape index (κ2) is 5.05. The van der Waals surface area contributed by atoms with E-state index in [1.807, 2.05) is 31.2 Å². The minimum Gasteiger partial charge on any atom is -0.454 e. The van der Waals surface area contributed by atoms with Crippen LogP contribution >= 0.6 is 15.9 Å². The number of anilines is 1. The van der Waals surface area contributed by atoms with Crippen LogP contribution in [-0.4, -0.2) is 16.8 Å². The van der Waals surface area contributed by atoms with Crippen LogP contribution in [0.5, 0.6) is 11.5 Å². The summed E-state index contributed by atoms with van der Waals surface area (Å²) >= 11 is 3.35. The molecule has 0 aliphatic carbocycles. The molecule has 1 N–H and O–H groups in total. The van der Waals surface area contributed by atoms with Crippen molar-refractivity contribution in [1.29, 1.82) is 0 Å². The van der Waals surface area contributed by atoms with Gasteiger partial charge in [0.25, 0.3) is 0 Å². The maximum atomic E-state index is 5.46. The fourth-order valence-electron chi connectivity index (χ4n) is 1.94. The van der Waals surface area contributed by atoms with E-state index >= 15 is 0 Å². The first-order valence-electron chi connectivity index (χ1n) is 5.85. The van der Waals surface area contributed by atoms with E-state index in [0.717, 1.165) is 33.3 Å². The van der Waals surface area contributed by atoms with Gasteiger partial charge in [0.15, 0.2) is 11.5 Å². The van der Waals surface area contributed by atoms with Crippen molar-refractivity contribution in [3.8, 4) is 11.5 Å². The molecule has 1 aliphatic heterocycles. The standard InChI is InChI=1S/C13H12BrN3O2/c1-8-16-11(14)5-12(17-8)15-6-9-3-2-4-10-13(9)19-7-18-10/h2-5H,6-7H2,1H3,(H,15,16,17). The molecule has 0 amide bonds. The van der Waals surface area contributed by atoms with Gasteiger partial charge in [-0.15, -0.1) is 0 Å². The van der Waals surface area contributed by atoms with Crippen LogP contribution in [0.1, 0.15) is 11.4 Å². The molecule has 2 heterocycles. The van der Waals surface area contributed by atoms with Gasteiger partial charge in [-0.2, -0.15) is 0 Å². The predicted octanol–water partition coefficient (Wildman–Crippen LogP) is 2.89. The van der Waals surface area contributed by atoms with E-state index in [1.165, 1.54) is 0 Å². The quantitative estimate of drug-likeness (QED) is 0.881. The van der Waals surface area contributed by atoms with E-state index in [0.29, 0.717) is 6.54 Å². The highest BCUT2D eigenvalue weighted by molar-refractivity contribution is 9.10. The molecule has 3 rings (SSSR count). The first-order chi connectivity index (χ1) is 9.22. The SMILES string of the molecule is Cc1nc(Br)cc(NCc2cccc3c2OCO3)n1. The maximum Gasteiger partial charge on any atom is 0.231 e. The van der Waals surface area contributed by atoms with Crippen LogP contribution in [0.4, 0.5) is 5.82 Å². The van der Waals surface area contributed by atoms with Crippen LogP contribution in [0.25, 0.3) is 0 Å². The number of nitrogens with zero attached hydrogens (tertiary/aromatic N) is 2. The number of para-hydroxylation sites is 1. The molecular weight excluding hydrogens is 310 g/mol. The van der Waals surface area contributed by atoms with Crippen molar-refractivity contribution in [3.05, 3.63) is 40.3 Å². The van der Waals surface area contributed by atoms with Crippen LogP contribution in [0.3, 0.4) is 0 Å². The molecule has 0 radical (unpaired) electrons. The summed E-state index contributed by atoms with van der Waals surface area (Å²) < 4.78 is 11.6. The van der Waals surface area contributed by atoms with Gasteiger partial charge in [0.2, 0.25) is 6.79 Å². The number of aromatic nitrogens is 2. The van der Waals surface area contributed by atoms with Gasteiger partial charge >= 0.3 is 0 Å². The van der Waals surface area contributed by atoms with Gasteiger partial charge in [-0.1, -0.05) is 12.1 Å². The lowest BCUT2D eigenvalue weighted by atomic mass is 10.2. The molecule has 2 aromatic rings. The number of ether oxygens (including phenoxy) is 2. The number of nitrogens with one attached hydrogen (secondary N) is 1. The van der Waals surface area contributed by atoms with Crippen molar-refractivity contribution in [2.24, 2.45) is 0 Å². The van der Waals surface area contributed by atoms with Crippen LogP contribution in [0.2, 0.25) is 0 Å². The van der Waals surface area contributed by atoms with Gasteiger partial charge in [0, 0.05) is 18.2 Å². The molecule has 0 unspecified atom stereocenters. The summed E-state index contributed by atoms with van der Waals surface area (Å²) in [5.41, 5.74) is 1.04. The fraction of sp³-hybridized carbons (Fsp3) is 0.231. The zero-order chi connectivity index (χ0) is 13.2. The summed E-state index contributed by atoms with van der Waals surface area (Å²) in [6.07, 6.45) is 0. The molecule has 1 aromatic heterocycles. The van der Waals surface area contributed by atoms with Crippen molar-refractivity contribution < 1.29 is 9.47 Å². The second-order valence-corrected chi connectivity index (χ2v) is 4.94. The van der Waals surface area contributed by atoms with Gasteiger partial charge < -0.3 is 14.8 Å². The van der Waals surface area contributed by atoms with E-state index in [4.69, 9.17) is 9.47 Å². The molecule has 0 saturated carbocycles. The minimum absolute atomic E-state index is 0.282. The van der Waals surface area contributed by atoms with Gasteiger partial charge in [0.05, 0.1) is 0 Å². The molecule has 0 spiro atoms. The lowest BCUT2D eigenvalue weighted by Crippen LogP contribution is -2.04. The molecule has 5 nitrogen and oxygen atoms in total. The number of hydrogen-bond donors (Lipinski definition) is 1. The van der Waals surface area contributed by atoms with Crippen molar-refractivity contribution in [2.75, 3.05) is 12.1 Å². The molecular formula is C13H12BrN3O2. The highest BCUT2D eigenvalue weighted by atomic mass is 79.9. The number of aryl methyl sites for hydroxylation is 1. The van der Waals surface area contributed by atoms with Gasteiger partial charge in [-0.05, 0) is 28.9 Å². The highest BCUT2D eigenvalue weighted by Gasteiger charge is 2.16. The molecule has 0 atom stereocenters.